The number of imidazole rings is 1. The lowest BCUT2D eigenvalue weighted by Crippen LogP contribution is -2.09. The Bertz CT molecular complexity index is 749. The second-order valence-electron chi connectivity index (χ2n) is 4.52. The maximum atomic E-state index is 6.14. The van der Waals surface area contributed by atoms with E-state index in [9.17, 15) is 0 Å². The van der Waals surface area contributed by atoms with Gasteiger partial charge in [-0.15, -0.1) is 11.6 Å². The predicted molar refractivity (Wildman–Crippen MR) is 87.4 cm³/mol. The molecule has 0 amide bonds. The van der Waals surface area contributed by atoms with E-state index in [0.29, 0.717) is 15.9 Å². The molecule has 104 valence electrons. The van der Waals surface area contributed by atoms with Crippen molar-refractivity contribution < 1.29 is 0 Å². The summed E-state index contributed by atoms with van der Waals surface area (Å²) in [6.45, 7) is 2.13. The fourth-order valence-electron chi connectivity index (χ4n) is 2.33. The zero-order valence-electron chi connectivity index (χ0n) is 10.6. The maximum absolute atomic E-state index is 6.14. The van der Waals surface area contributed by atoms with Crippen LogP contribution < -0.4 is 0 Å². The van der Waals surface area contributed by atoms with Gasteiger partial charge in [-0.2, -0.15) is 11.3 Å². The van der Waals surface area contributed by atoms with Crippen LogP contribution in [-0.2, 0) is 5.88 Å². The first-order valence-electron chi connectivity index (χ1n) is 6.05. The second-order valence-corrected chi connectivity index (χ2v) is 6.38. The number of thiophene rings is 1. The second kappa shape index (κ2) is 5.57. The lowest BCUT2D eigenvalue weighted by Gasteiger charge is -2.16. The van der Waals surface area contributed by atoms with Crippen molar-refractivity contribution in [1.82, 2.24) is 9.55 Å². The highest BCUT2D eigenvalue weighted by Crippen LogP contribution is 2.32. The smallest absolute Gasteiger partial charge is 0.125 e. The van der Waals surface area contributed by atoms with Gasteiger partial charge in [-0.1, -0.05) is 23.2 Å². The van der Waals surface area contributed by atoms with Crippen LogP contribution in [0.3, 0.4) is 0 Å². The minimum absolute atomic E-state index is 0.150. The Morgan fingerprint density at radius 3 is 2.70 bits per heavy atom. The highest BCUT2D eigenvalue weighted by molar-refractivity contribution is 7.08. The Kier molecular flexibility index (Phi) is 3.95. The minimum Gasteiger partial charge on any atom is -0.320 e. The van der Waals surface area contributed by atoms with E-state index in [4.69, 9.17) is 34.8 Å². The molecule has 1 atom stereocenters. The third kappa shape index (κ3) is 2.33. The van der Waals surface area contributed by atoms with Crippen LogP contribution in [0.5, 0.6) is 0 Å². The largest absolute Gasteiger partial charge is 0.320 e. The van der Waals surface area contributed by atoms with Gasteiger partial charge in [0.05, 0.1) is 33.0 Å². The summed E-state index contributed by atoms with van der Waals surface area (Å²) in [5, 5.41) is 5.23. The summed E-state index contributed by atoms with van der Waals surface area (Å²) in [5.74, 6) is 1.16. The number of alkyl halides is 1. The van der Waals surface area contributed by atoms with Gasteiger partial charge in [-0.05, 0) is 41.4 Å². The molecule has 0 fully saturated rings. The van der Waals surface area contributed by atoms with E-state index in [2.05, 4.69) is 33.3 Å². The summed E-state index contributed by atoms with van der Waals surface area (Å²) < 4.78 is 2.12. The number of hydrogen-bond acceptors (Lipinski definition) is 2. The Morgan fingerprint density at radius 2 is 2.05 bits per heavy atom. The average molecular weight is 346 g/mol. The van der Waals surface area contributed by atoms with E-state index in [1.807, 2.05) is 6.07 Å². The summed E-state index contributed by atoms with van der Waals surface area (Å²) in [4.78, 5) is 4.56. The Morgan fingerprint density at radius 1 is 1.30 bits per heavy atom. The molecule has 3 aromatic rings. The molecule has 0 spiro atoms. The summed E-state index contributed by atoms with van der Waals surface area (Å²) in [6.07, 6.45) is 0. The van der Waals surface area contributed by atoms with Gasteiger partial charge in [0.1, 0.15) is 5.82 Å². The summed E-state index contributed by atoms with van der Waals surface area (Å²) >= 11 is 19.9. The van der Waals surface area contributed by atoms with Crippen LogP contribution in [0, 0.1) is 0 Å². The normalized spacial score (nSPS) is 13.0. The first kappa shape index (κ1) is 14.2. The Balaban J connectivity index is 2.25. The topological polar surface area (TPSA) is 17.8 Å². The van der Waals surface area contributed by atoms with Crippen LogP contribution in [-0.4, -0.2) is 9.55 Å². The summed E-state index contributed by atoms with van der Waals surface area (Å²) in [6, 6.07) is 5.89. The Labute approximate surface area is 135 Å². The van der Waals surface area contributed by atoms with Gasteiger partial charge in [-0.3, -0.25) is 0 Å². The number of fused-ring (bicyclic) bond motifs is 1. The molecule has 20 heavy (non-hydrogen) atoms. The van der Waals surface area contributed by atoms with Crippen molar-refractivity contribution in [3.63, 3.8) is 0 Å². The molecular formula is C14H11Cl3N2S. The van der Waals surface area contributed by atoms with Gasteiger partial charge in [0, 0.05) is 0 Å². The summed E-state index contributed by atoms with van der Waals surface area (Å²) in [5.41, 5.74) is 3.00. The van der Waals surface area contributed by atoms with Gasteiger partial charge in [0.15, 0.2) is 0 Å². The standard InChI is InChI=1S/C14H11Cl3N2S/c1-8(9-2-3-20-7-9)19-13-5-11(17)10(16)4-12(13)18-14(19)6-15/h2-5,7-8H,6H2,1H3. The van der Waals surface area contributed by atoms with Crippen molar-refractivity contribution in [1.29, 1.82) is 0 Å². The molecule has 0 bridgehead atoms. The molecule has 0 aliphatic carbocycles. The van der Waals surface area contributed by atoms with E-state index >= 15 is 0 Å². The van der Waals surface area contributed by atoms with Crippen LogP contribution >= 0.6 is 46.1 Å². The molecule has 0 saturated carbocycles. The van der Waals surface area contributed by atoms with Crippen molar-refractivity contribution in [3.05, 3.63) is 50.4 Å². The van der Waals surface area contributed by atoms with E-state index in [1.165, 1.54) is 5.56 Å². The van der Waals surface area contributed by atoms with Crippen LogP contribution in [0.15, 0.2) is 29.0 Å². The quantitative estimate of drug-likeness (QED) is 0.552. The fourth-order valence-corrected chi connectivity index (χ4v) is 3.58. The fraction of sp³-hybridized carbons (Fsp3) is 0.214. The first-order valence-corrected chi connectivity index (χ1v) is 8.29. The van der Waals surface area contributed by atoms with Crippen LogP contribution in [0.4, 0.5) is 0 Å². The Hall–Kier alpha value is -0.740. The molecule has 0 aliphatic rings. The lowest BCUT2D eigenvalue weighted by atomic mass is 10.1. The monoisotopic (exact) mass is 344 g/mol. The van der Waals surface area contributed by atoms with E-state index in [1.54, 1.807) is 17.4 Å². The third-order valence-corrected chi connectivity index (χ3v) is 5.00. The molecule has 2 aromatic heterocycles. The zero-order valence-corrected chi connectivity index (χ0v) is 13.7. The summed E-state index contributed by atoms with van der Waals surface area (Å²) in [7, 11) is 0. The van der Waals surface area contributed by atoms with Gasteiger partial charge in [0.25, 0.3) is 0 Å². The molecule has 1 unspecified atom stereocenters. The van der Waals surface area contributed by atoms with Crippen LogP contribution in [0.25, 0.3) is 11.0 Å². The van der Waals surface area contributed by atoms with Crippen molar-refractivity contribution in [3.8, 4) is 0 Å². The highest BCUT2D eigenvalue weighted by atomic mass is 35.5. The minimum atomic E-state index is 0.150. The van der Waals surface area contributed by atoms with Crippen molar-refractivity contribution in [2.24, 2.45) is 0 Å². The maximum Gasteiger partial charge on any atom is 0.125 e. The number of hydrogen-bond donors (Lipinski definition) is 0. The first-order chi connectivity index (χ1) is 9.61. The molecule has 2 heterocycles. The van der Waals surface area contributed by atoms with Gasteiger partial charge < -0.3 is 4.57 Å². The average Bonchev–Trinajstić information content (AvgIpc) is 3.06. The number of aromatic nitrogens is 2. The number of benzene rings is 1. The predicted octanol–water partition coefficient (Wildman–Crippen LogP) is 5.75. The highest BCUT2D eigenvalue weighted by Gasteiger charge is 2.18. The van der Waals surface area contributed by atoms with Gasteiger partial charge in [0.2, 0.25) is 0 Å². The van der Waals surface area contributed by atoms with Crippen LogP contribution in [0.1, 0.15) is 24.4 Å². The molecule has 3 rings (SSSR count). The van der Waals surface area contributed by atoms with Crippen molar-refractivity contribution in [2.75, 3.05) is 0 Å². The van der Waals surface area contributed by atoms with E-state index in [0.717, 1.165) is 16.9 Å². The molecule has 2 nitrogen and oxygen atoms in total. The molecule has 6 heteroatoms. The van der Waals surface area contributed by atoms with Gasteiger partial charge in [-0.25, -0.2) is 4.98 Å². The molecule has 0 saturated heterocycles. The van der Waals surface area contributed by atoms with Gasteiger partial charge >= 0.3 is 0 Å². The third-order valence-electron chi connectivity index (χ3n) is 3.34. The van der Waals surface area contributed by atoms with Crippen molar-refractivity contribution >= 4 is 57.2 Å². The molecule has 0 N–H and O–H groups in total. The number of rotatable bonds is 3. The SMILES string of the molecule is CC(c1ccsc1)n1c(CCl)nc2cc(Cl)c(Cl)cc21. The molecule has 0 radical (unpaired) electrons. The number of nitrogens with zero attached hydrogens (tertiary/aromatic N) is 2. The van der Waals surface area contributed by atoms with Crippen LogP contribution in [0.2, 0.25) is 10.0 Å². The van der Waals surface area contributed by atoms with E-state index < -0.39 is 0 Å². The molecular weight excluding hydrogens is 335 g/mol. The zero-order chi connectivity index (χ0) is 14.3. The molecule has 1 aromatic carbocycles. The van der Waals surface area contributed by atoms with Crippen molar-refractivity contribution in [2.45, 2.75) is 18.8 Å². The number of halogens is 3. The lowest BCUT2D eigenvalue weighted by molar-refractivity contribution is 0.636. The van der Waals surface area contributed by atoms with E-state index in [-0.39, 0.29) is 6.04 Å². The molecule has 0 aliphatic heterocycles.